The summed E-state index contributed by atoms with van der Waals surface area (Å²) in [6, 6.07) is 7.61. The maximum Gasteiger partial charge on any atom is 0.375 e. The molecule has 6 heteroatoms. The summed E-state index contributed by atoms with van der Waals surface area (Å²) in [6.07, 6.45) is 0.0168. The van der Waals surface area contributed by atoms with Gasteiger partial charge < -0.3 is 9.84 Å². The molecule has 19 heavy (non-hydrogen) atoms. The second kappa shape index (κ2) is 5.19. The van der Waals surface area contributed by atoms with Crippen LogP contribution in [0.4, 0.5) is 0 Å². The van der Waals surface area contributed by atoms with E-state index in [2.05, 4.69) is 10.1 Å². The van der Waals surface area contributed by atoms with Gasteiger partial charge in [-0.1, -0.05) is 24.3 Å². The number of carboxylic acids is 1. The number of hydrogen-bond donors (Lipinski definition) is 1. The van der Waals surface area contributed by atoms with Crippen LogP contribution in [-0.4, -0.2) is 33.0 Å². The lowest BCUT2D eigenvalue weighted by molar-refractivity contribution is 0.0683. The van der Waals surface area contributed by atoms with Gasteiger partial charge in [-0.15, -0.1) is 5.10 Å². The van der Waals surface area contributed by atoms with Crippen molar-refractivity contribution in [1.82, 2.24) is 14.8 Å². The van der Waals surface area contributed by atoms with Gasteiger partial charge in [0, 0.05) is 19.7 Å². The van der Waals surface area contributed by atoms with Crippen LogP contribution in [0.15, 0.2) is 24.3 Å². The Hall–Kier alpha value is -2.21. The largest absolute Gasteiger partial charge is 0.475 e. The number of rotatable bonds is 4. The number of benzene rings is 1. The monoisotopic (exact) mass is 261 g/mol. The first kappa shape index (κ1) is 13.2. The maximum atomic E-state index is 10.8. The van der Waals surface area contributed by atoms with Crippen LogP contribution in [-0.2, 0) is 11.8 Å². The molecule has 1 N–H and O–H groups in total. The molecule has 0 aliphatic rings. The van der Waals surface area contributed by atoms with E-state index in [0.717, 1.165) is 11.1 Å². The van der Waals surface area contributed by atoms with Crippen molar-refractivity contribution in [3.05, 3.63) is 35.7 Å². The number of nitrogens with zero attached hydrogens (tertiary/aromatic N) is 3. The average molecular weight is 261 g/mol. The molecule has 0 aliphatic heterocycles. The fourth-order valence-corrected chi connectivity index (χ4v) is 1.77. The lowest BCUT2D eigenvalue weighted by Crippen LogP contribution is -2.00. The zero-order valence-electron chi connectivity index (χ0n) is 11.0. The van der Waals surface area contributed by atoms with Gasteiger partial charge in [-0.05, 0) is 12.5 Å². The maximum absolute atomic E-state index is 10.8. The summed E-state index contributed by atoms with van der Waals surface area (Å²) in [7, 11) is 3.32. The van der Waals surface area contributed by atoms with Crippen molar-refractivity contribution < 1.29 is 14.6 Å². The highest BCUT2D eigenvalue weighted by Crippen LogP contribution is 2.21. The summed E-state index contributed by atoms with van der Waals surface area (Å²) in [5, 5.41) is 12.7. The van der Waals surface area contributed by atoms with Crippen LogP contribution in [0.2, 0.25) is 0 Å². The molecule has 0 fully saturated rings. The van der Waals surface area contributed by atoms with E-state index in [9.17, 15) is 4.79 Å². The summed E-state index contributed by atoms with van der Waals surface area (Å²) in [4.78, 5) is 14.8. The van der Waals surface area contributed by atoms with E-state index in [1.165, 1.54) is 4.68 Å². The Morgan fingerprint density at radius 2 is 2.00 bits per heavy atom. The van der Waals surface area contributed by atoms with E-state index in [4.69, 9.17) is 9.84 Å². The first-order valence-corrected chi connectivity index (χ1v) is 5.80. The molecule has 100 valence electrons. The van der Waals surface area contributed by atoms with Crippen LogP contribution in [0.3, 0.4) is 0 Å². The van der Waals surface area contributed by atoms with Crippen LogP contribution in [0, 0.1) is 0 Å². The summed E-state index contributed by atoms with van der Waals surface area (Å²) in [5.41, 5.74) is 1.86. The molecule has 0 saturated heterocycles. The molecule has 1 heterocycles. The van der Waals surface area contributed by atoms with Gasteiger partial charge in [-0.2, -0.15) is 0 Å². The zero-order chi connectivity index (χ0) is 14.0. The number of methoxy groups -OCH3 is 1. The highest BCUT2D eigenvalue weighted by atomic mass is 16.5. The standard InChI is InChI=1S/C13H15N3O3/c1-8(19-3)9-4-6-10(7-5-9)12-14-11(13(17)18)15-16(12)2/h4-8H,1-3H3,(H,17,18). The number of carboxylic acid groups (broad SMARTS) is 1. The Bertz CT molecular complexity index is 590. The van der Waals surface area contributed by atoms with Gasteiger partial charge in [-0.25, -0.2) is 14.5 Å². The molecule has 0 radical (unpaired) electrons. The van der Waals surface area contributed by atoms with Gasteiger partial charge >= 0.3 is 5.97 Å². The number of carbonyl (C=O) groups is 1. The third-order valence-corrected chi connectivity index (χ3v) is 2.95. The molecular weight excluding hydrogens is 246 g/mol. The number of aromatic nitrogens is 3. The lowest BCUT2D eigenvalue weighted by Gasteiger charge is -2.10. The Morgan fingerprint density at radius 1 is 1.37 bits per heavy atom. The van der Waals surface area contributed by atoms with Crippen molar-refractivity contribution in [3.8, 4) is 11.4 Å². The molecule has 0 bridgehead atoms. The van der Waals surface area contributed by atoms with Gasteiger partial charge in [0.25, 0.3) is 5.82 Å². The predicted molar refractivity (Wildman–Crippen MR) is 68.8 cm³/mol. The molecule has 0 amide bonds. The van der Waals surface area contributed by atoms with Crippen LogP contribution in [0.1, 0.15) is 29.2 Å². The Morgan fingerprint density at radius 3 is 2.47 bits per heavy atom. The fraction of sp³-hybridized carbons (Fsp3) is 0.308. The van der Waals surface area contributed by atoms with Crippen LogP contribution in [0.25, 0.3) is 11.4 Å². The first-order valence-electron chi connectivity index (χ1n) is 5.80. The third kappa shape index (κ3) is 2.63. The summed E-state index contributed by atoms with van der Waals surface area (Å²) in [6.45, 7) is 1.96. The molecule has 6 nitrogen and oxygen atoms in total. The molecule has 0 saturated carbocycles. The molecule has 1 aromatic carbocycles. The van der Waals surface area contributed by atoms with E-state index < -0.39 is 5.97 Å². The number of aryl methyl sites for hydroxylation is 1. The van der Waals surface area contributed by atoms with Crippen LogP contribution >= 0.6 is 0 Å². The minimum absolute atomic E-state index is 0.0168. The minimum Gasteiger partial charge on any atom is -0.475 e. The van der Waals surface area contributed by atoms with Crippen molar-refractivity contribution in [1.29, 1.82) is 0 Å². The first-order chi connectivity index (χ1) is 9.02. The summed E-state index contributed by atoms with van der Waals surface area (Å²) >= 11 is 0. The lowest BCUT2D eigenvalue weighted by atomic mass is 10.1. The van der Waals surface area contributed by atoms with Crippen molar-refractivity contribution in [2.75, 3.05) is 7.11 Å². The Labute approximate surface area is 110 Å². The Kier molecular flexibility index (Phi) is 3.62. The quantitative estimate of drug-likeness (QED) is 0.909. The van der Waals surface area contributed by atoms with Crippen molar-refractivity contribution in [2.24, 2.45) is 7.05 Å². The molecule has 1 unspecified atom stereocenters. The average Bonchev–Trinajstić information content (AvgIpc) is 2.80. The minimum atomic E-state index is -1.13. The smallest absolute Gasteiger partial charge is 0.375 e. The SMILES string of the molecule is COC(C)c1ccc(-c2nc(C(=O)O)nn2C)cc1. The van der Waals surface area contributed by atoms with E-state index in [1.807, 2.05) is 31.2 Å². The topological polar surface area (TPSA) is 77.2 Å². The van der Waals surface area contributed by atoms with Gasteiger partial charge in [0.15, 0.2) is 5.82 Å². The highest BCUT2D eigenvalue weighted by Gasteiger charge is 2.14. The van der Waals surface area contributed by atoms with E-state index in [0.29, 0.717) is 5.82 Å². The van der Waals surface area contributed by atoms with E-state index in [-0.39, 0.29) is 11.9 Å². The molecule has 0 spiro atoms. The third-order valence-electron chi connectivity index (χ3n) is 2.95. The van der Waals surface area contributed by atoms with Crippen LogP contribution < -0.4 is 0 Å². The summed E-state index contributed by atoms with van der Waals surface area (Å²) in [5.74, 6) is -0.813. The van der Waals surface area contributed by atoms with Gasteiger partial charge in [-0.3, -0.25) is 0 Å². The number of hydrogen-bond acceptors (Lipinski definition) is 4. The predicted octanol–water partition coefficient (Wildman–Crippen LogP) is 1.89. The van der Waals surface area contributed by atoms with Crippen molar-refractivity contribution in [3.63, 3.8) is 0 Å². The van der Waals surface area contributed by atoms with Gasteiger partial charge in [0.05, 0.1) is 6.10 Å². The number of aromatic carboxylic acids is 1. The molecule has 2 aromatic rings. The van der Waals surface area contributed by atoms with E-state index >= 15 is 0 Å². The molecule has 1 atom stereocenters. The second-order valence-electron chi connectivity index (χ2n) is 4.19. The van der Waals surface area contributed by atoms with Crippen molar-refractivity contribution in [2.45, 2.75) is 13.0 Å². The van der Waals surface area contributed by atoms with Gasteiger partial charge in [0.2, 0.25) is 0 Å². The molecular formula is C13H15N3O3. The van der Waals surface area contributed by atoms with Crippen molar-refractivity contribution >= 4 is 5.97 Å². The second-order valence-corrected chi connectivity index (χ2v) is 4.19. The number of ether oxygens (including phenoxy) is 1. The fourth-order valence-electron chi connectivity index (χ4n) is 1.77. The van der Waals surface area contributed by atoms with Crippen LogP contribution in [0.5, 0.6) is 0 Å². The highest BCUT2D eigenvalue weighted by molar-refractivity contribution is 5.83. The Balaban J connectivity index is 2.34. The molecule has 0 aliphatic carbocycles. The summed E-state index contributed by atoms with van der Waals surface area (Å²) < 4.78 is 6.69. The zero-order valence-corrected chi connectivity index (χ0v) is 11.0. The van der Waals surface area contributed by atoms with Gasteiger partial charge in [0.1, 0.15) is 0 Å². The normalized spacial score (nSPS) is 12.4. The van der Waals surface area contributed by atoms with E-state index in [1.54, 1.807) is 14.2 Å². The molecule has 2 rings (SSSR count). The molecule has 1 aromatic heterocycles.